The van der Waals surface area contributed by atoms with Gasteiger partial charge in [-0.25, -0.2) is 0 Å². The summed E-state index contributed by atoms with van der Waals surface area (Å²) in [4.78, 5) is 0. The van der Waals surface area contributed by atoms with Crippen molar-refractivity contribution in [2.75, 3.05) is 13.7 Å². The van der Waals surface area contributed by atoms with Crippen LogP contribution in [0.3, 0.4) is 0 Å². The van der Waals surface area contributed by atoms with Gasteiger partial charge in [-0.15, -0.1) is 0 Å². The molecule has 1 aliphatic rings. The summed E-state index contributed by atoms with van der Waals surface area (Å²) in [5.74, 6) is 0. The molecule has 0 amide bonds. The van der Waals surface area contributed by atoms with E-state index in [9.17, 15) is 0 Å². The summed E-state index contributed by atoms with van der Waals surface area (Å²) in [5, 5.41) is 0. The average molecular weight is 157 g/mol. The molecule has 1 saturated carbocycles. The lowest BCUT2D eigenvalue weighted by Gasteiger charge is -2.17. The highest BCUT2D eigenvalue weighted by Crippen LogP contribution is 2.48. The number of ether oxygens (including phenoxy) is 1. The predicted octanol–water partition coefficient (Wildman–Crippen LogP) is 1.54. The fraction of sp³-hybridized carbons (Fsp3) is 1.00. The van der Waals surface area contributed by atoms with Crippen LogP contribution in [-0.4, -0.2) is 19.8 Å². The third kappa shape index (κ3) is 2.46. The minimum absolute atomic E-state index is 0.401. The molecule has 0 saturated heterocycles. The third-order valence-electron chi connectivity index (χ3n) is 2.80. The molecule has 0 bridgehead atoms. The van der Waals surface area contributed by atoms with Gasteiger partial charge < -0.3 is 10.5 Å². The van der Waals surface area contributed by atoms with Gasteiger partial charge in [0.05, 0.1) is 0 Å². The molecule has 2 heteroatoms. The lowest BCUT2D eigenvalue weighted by molar-refractivity contribution is 0.187. The van der Waals surface area contributed by atoms with Gasteiger partial charge in [0.1, 0.15) is 0 Å². The maximum absolute atomic E-state index is 6.00. The zero-order valence-corrected chi connectivity index (χ0v) is 7.60. The topological polar surface area (TPSA) is 35.2 Å². The van der Waals surface area contributed by atoms with Crippen LogP contribution >= 0.6 is 0 Å². The Hall–Kier alpha value is -0.0800. The van der Waals surface area contributed by atoms with Crippen molar-refractivity contribution in [3.05, 3.63) is 0 Å². The zero-order valence-electron chi connectivity index (χ0n) is 7.60. The van der Waals surface area contributed by atoms with Crippen LogP contribution in [0.4, 0.5) is 0 Å². The maximum atomic E-state index is 6.00. The largest absolute Gasteiger partial charge is 0.385 e. The van der Waals surface area contributed by atoms with Crippen LogP contribution in [0, 0.1) is 5.41 Å². The minimum Gasteiger partial charge on any atom is -0.385 e. The first-order valence-electron chi connectivity index (χ1n) is 4.43. The Bertz CT molecular complexity index is 121. The van der Waals surface area contributed by atoms with Gasteiger partial charge in [0.2, 0.25) is 0 Å². The van der Waals surface area contributed by atoms with Crippen LogP contribution < -0.4 is 5.73 Å². The first-order chi connectivity index (χ1) is 5.19. The van der Waals surface area contributed by atoms with Gasteiger partial charge >= 0.3 is 0 Å². The Morgan fingerprint density at radius 2 is 2.18 bits per heavy atom. The standard InChI is InChI=1S/C9H19NO/c1-9(5-6-9)8(10)4-3-7-11-2/h8H,3-7,10H2,1-2H3. The SMILES string of the molecule is COCCCC(N)C1(C)CC1. The molecule has 0 spiro atoms. The van der Waals surface area contributed by atoms with Gasteiger partial charge in [-0.2, -0.15) is 0 Å². The lowest BCUT2D eigenvalue weighted by atomic mass is 9.96. The van der Waals surface area contributed by atoms with Crippen molar-refractivity contribution in [2.24, 2.45) is 11.1 Å². The van der Waals surface area contributed by atoms with Crippen LogP contribution in [0.2, 0.25) is 0 Å². The Balaban J connectivity index is 2.06. The molecule has 0 aromatic rings. The highest BCUT2D eigenvalue weighted by atomic mass is 16.5. The number of rotatable bonds is 5. The Morgan fingerprint density at radius 1 is 1.55 bits per heavy atom. The second-order valence-corrected chi connectivity index (χ2v) is 3.90. The molecule has 0 aromatic carbocycles. The number of methoxy groups -OCH3 is 1. The molecular weight excluding hydrogens is 138 g/mol. The van der Waals surface area contributed by atoms with Crippen LogP contribution in [0.1, 0.15) is 32.6 Å². The molecule has 0 aliphatic heterocycles. The summed E-state index contributed by atoms with van der Waals surface area (Å²) in [6, 6.07) is 0.401. The quantitative estimate of drug-likeness (QED) is 0.614. The molecular formula is C9H19NO. The van der Waals surface area contributed by atoms with Crippen LogP contribution in [0.25, 0.3) is 0 Å². The summed E-state index contributed by atoms with van der Waals surface area (Å²) < 4.78 is 4.97. The fourth-order valence-electron chi connectivity index (χ4n) is 1.36. The minimum atomic E-state index is 0.401. The Labute approximate surface area is 69.1 Å². The van der Waals surface area contributed by atoms with Crippen molar-refractivity contribution in [1.82, 2.24) is 0 Å². The van der Waals surface area contributed by atoms with Crippen molar-refractivity contribution < 1.29 is 4.74 Å². The van der Waals surface area contributed by atoms with Crippen molar-refractivity contribution in [1.29, 1.82) is 0 Å². The molecule has 0 aromatic heterocycles. The second kappa shape index (κ2) is 3.55. The fourth-order valence-corrected chi connectivity index (χ4v) is 1.36. The number of hydrogen-bond donors (Lipinski definition) is 1. The van der Waals surface area contributed by atoms with Gasteiger partial charge in [0, 0.05) is 19.8 Å². The molecule has 0 heterocycles. The van der Waals surface area contributed by atoms with E-state index >= 15 is 0 Å². The third-order valence-corrected chi connectivity index (χ3v) is 2.80. The lowest BCUT2D eigenvalue weighted by Crippen LogP contribution is -2.29. The second-order valence-electron chi connectivity index (χ2n) is 3.90. The molecule has 1 unspecified atom stereocenters. The first-order valence-corrected chi connectivity index (χ1v) is 4.43. The molecule has 1 fully saturated rings. The van der Waals surface area contributed by atoms with Crippen LogP contribution in [0.15, 0.2) is 0 Å². The van der Waals surface area contributed by atoms with E-state index < -0.39 is 0 Å². The van der Waals surface area contributed by atoms with Crippen LogP contribution in [0.5, 0.6) is 0 Å². The molecule has 1 aliphatic carbocycles. The molecule has 66 valence electrons. The van der Waals surface area contributed by atoms with E-state index in [2.05, 4.69) is 6.92 Å². The Kier molecular flexibility index (Phi) is 2.90. The molecule has 11 heavy (non-hydrogen) atoms. The van der Waals surface area contributed by atoms with E-state index in [0.717, 1.165) is 19.4 Å². The number of hydrogen-bond acceptors (Lipinski definition) is 2. The van der Waals surface area contributed by atoms with E-state index in [-0.39, 0.29) is 0 Å². The smallest absolute Gasteiger partial charge is 0.0462 e. The van der Waals surface area contributed by atoms with E-state index in [1.165, 1.54) is 12.8 Å². The average Bonchev–Trinajstić information content (AvgIpc) is 2.70. The highest BCUT2D eigenvalue weighted by molar-refractivity contribution is 4.96. The van der Waals surface area contributed by atoms with Gasteiger partial charge in [-0.1, -0.05) is 6.92 Å². The molecule has 2 nitrogen and oxygen atoms in total. The summed E-state index contributed by atoms with van der Waals surface area (Å²) in [7, 11) is 1.74. The summed E-state index contributed by atoms with van der Waals surface area (Å²) in [5.41, 5.74) is 6.48. The highest BCUT2D eigenvalue weighted by Gasteiger charge is 2.42. The van der Waals surface area contributed by atoms with Crippen molar-refractivity contribution >= 4 is 0 Å². The van der Waals surface area contributed by atoms with E-state index in [1.807, 2.05) is 0 Å². The molecule has 2 N–H and O–H groups in total. The van der Waals surface area contributed by atoms with Crippen molar-refractivity contribution in [2.45, 2.75) is 38.6 Å². The zero-order chi connectivity index (χ0) is 8.32. The Morgan fingerprint density at radius 3 is 2.64 bits per heavy atom. The monoisotopic (exact) mass is 157 g/mol. The van der Waals surface area contributed by atoms with E-state index in [0.29, 0.717) is 11.5 Å². The number of nitrogens with two attached hydrogens (primary N) is 1. The van der Waals surface area contributed by atoms with Gasteiger partial charge in [-0.05, 0) is 31.1 Å². The first kappa shape index (κ1) is 9.01. The van der Waals surface area contributed by atoms with Crippen molar-refractivity contribution in [3.8, 4) is 0 Å². The molecule has 1 rings (SSSR count). The van der Waals surface area contributed by atoms with E-state index in [1.54, 1.807) is 7.11 Å². The predicted molar refractivity (Wildman–Crippen MR) is 46.4 cm³/mol. The summed E-state index contributed by atoms with van der Waals surface area (Å²) >= 11 is 0. The van der Waals surface area contributed by atoms with Gasteiger partial charge in [0.25, 0.3) is 0 Å². The normalized spacial score (nSPS) is 23.2. The summed E-state index contributed by atoms with van der Waals surface area (Å²) in [6.45, 7) is 3.13. The maximum Gasteiger partial charge on any atom is 0.0462 e. The summed E-state index contributed by atoms with van der Waals surface area (Å²) in [6.07, 6.45) is 4.86. The molecule has 0 radical (unpaired) electrons. The van der Waals surface area contributed by atoms with Gasteiger partial charge in [-0.3, -0.25) is 0 Å². The van der Waals surface area contributed by atoms with Crippen LogP contribution in [-0.2, 0) is 4.74 Å². The van der Waals surface area contributed by atoms with E-state index in [4.69, 9.17) is 10.5 Å². The van der Waals surface area contributed by atoms with Crippen molar-refractivity contribution in [3.63, 3.8) is 0 Å². The molecule has 1 atom stereocenters. The van der Waals surface area contributed by atoms with Gasteiger partial charge in [0.15, 0.2) is 0 Å².